The summed E-state index contributed by atoms with van der Waals surface area (Å²) >= 11 is 1.48. The molecule has 22 heavy (non-hydrogen) atoms. The Morgan fingerprint density at radius 2 is 1.77 bits per heavy atom. The van der Waals surface area contributed by atoms with Gasteiger partial charge in [-0.3, -0.25) is 0 Å². The molecule has 0 atom stereocenters. The zero-order chi connectivity index (χ0) is 15.6. The van der Waals surface area contributed by atoms with Gasteiger partial charge in [0, 0.05) is 11.6 Å². The Labute approximate surface area is 133 Å². The lowest BCUT2D eigenvalue weighted by Crippen LogP contribution is -2.21. The Balaban J connectivity index is 1.73. The van der Waals surface area contributed by atoms with Gasteiger partial charge >= 0.3 is 0 Å². The van der Waals surface area contributed by atoms with E-state index in [9.17, 15) is 8.42 Å². The van der Waals surface area contributed by atoms with Crippen molar-refractivity contribution in [2.24, 2.45) is 5.14 Å². The van der Waals surface area contributed by atoms with E-state index < -0.39 is 10.0 Å². The minimum Gasteiger partial charge on any atom is -0.357 e. The number of primary sulfonamides is 1. The van der Waals surface area contributed by atoms with Crippen LogP contribution in [0.2, 0.25) is 0 Å². The molecule has 1 fully saturated rings. The molecule has 1 saturated carbocycles. The van der Waals surface area contributed by atoms with Crippen LogP contribution in [0, 0.1) is 0 Å². The van der Waals surface area contributed by atoms with E-state index in [-0.39, 0.29) is 4.90 Å². The molecule has 118 valence electrons. The third kappa shape index (κ3) is 3.63. The normalized spacial score (nSPS) is 16.6. The van der Waals surface area contributed by atoms with Crippen LogP contribution in [-0.4, -0.2) is 24.7 Å². The summed E-state index contributed by atoms with van der Waals surface area (Å²) in [5, 5.41) is 18.4. The topological polar surface area (TPSA) is 98.0 Å². The Kier molecular flexibility index (Phi) is 4.42. The maximum atomic E-state index is 11.2. The summed E-state index contributed by atoms with van der Waals surface area (Å²) in [6, 6.07) is 6.86. The largest absolute Gasteiger partial charge is 0.357 e. The molecule has 0 spiro atoms. The molecule has 0 radical (unpaired) electrons. The van der Waals surface area contributed by atoms with Crippen molar-refractivity contribution in [3.63, 3.8) is 0 Å². The second kappa shape index (κ2) is 6.31. The van der Waals surface area contributed by atoms with Gasteiger partial charge in [0.25, 0.3) is 0 Å². The van der Waals surface area contributed by atoms with Crippen molar-refractivity contribution in [3.8, 4) is 10.6 Å². The first-order valence-electron chi connectivity index (χ1n) is 7.26. The average Bonchev–Trinajstić information content (AvgIpc) is 2.96. The molecule has 1 aliphatic carbocycles. The van der Waals surface area contributed by atoms with Crippen molar-refractivity contribution in [1.29, 1.82) is 0 Å². The van der Waals surface area contributed by atoms with Crippen LogP contribution in [0.4, 0.5) is 5.13 Å². The van der Waals surface area contributed by atoms with Gasteiger partial charge in [-0.05, 0) is 25.0 Å². The smallest absolute Gasteiger partial charge is 0.238 e. The van der Waals surface area contributed by atoms with Gasteiger partial charge in [0.15, 0.2) is 0 Å². The predicted octanol–water partition coefficient (Wildman–Crippen LogP) is 2.60. The summed E-state index contributed by atoms with van der Waals surface area (Å²) in [6.45, 7) is 0. The number of nitrogens with zero attached hydrogens (tertiary/aromatic N) is 2. The molecule has 0 amide bonds. The number of aromatic nitrogens is 2. The van der Waals surface area contributed by atoms with Crippen molar-refractivity contribution in [1.82, 2.24) is 10.2 Å². The summed E-state index contributed by atoms with van der Waals surface area (Å²) < 4.78 is 22.5. The molecule has 1 heterocycles. The van der Waals surface area contributed by atoms with Crippen LogP contribution in [-0.2, 0) is 10.0 Å². The van der Waals surface area contributed by atoms with Crippen LogP contribution in [0.5, 0.6) is 0 Å². The summed E-state index contributed by atoms with van der Waals surface area (Å²) in [4.78, 5) is 0.0984. The standard InChI is InChI=1S/C14H18N4O2S2/c15-22(19,20)12-8-6-10(7-9-12)13-17-18-14(21-13)16-11-4-2-1-3-5-11/h6-9,11H,1-5H2,(H,16,18)(H2,15,19,20). The molecule has 3 rings (SSSR count). The van der Waals surface area contributed by atoms with E-state index in [2.05, 4.69) is 15.5 Å². The number of nitrogens with two attached hydrogens (primary N) is 1. The highest BCUT2D eigenvalue weighted by atomic mass is 32.2. The zero-order valence-electron chi connectivity index (χ0n) is 12.0. The molecule has 8 heteroatoms. The van der Waals surface area contributed by atoms with Crippen LogP contribution in [0.3, 0.4) is 0 Å². The molecule has 1 aromatic heterocycles. The predicted molar refractivity (Wildman–Crippen MR) is 87.2 cm³/mol. The number of nitrogens with one attached hydrogen (secondary N) is 1. The fourth-order valence-electron chi connectivity index (χ4n) is 2.61. The van der Waals surface area contributed by atoms with E-state index >= 15 is 0 Å². The number of sulfonamides is 1. The van der Waals surface area contributed by atoms with Gasteiger partial charge in [-0.2, -0.15) is 0 Å². The summed E-state index contributed by atoms with van der Waals surface area (Å²) in [5.41, 5.74) is 0.835. The SMILES string of the molecule is NS(=O)(=O)c1ccc(-c2nnc(NC3CCCCC3)s2)cc1. The van der Waals surface area contributed by atoms with Crippen LogP contribution < -0.4 is 10.5 Å². The second-order valence-corrected chi connectivity index (χ2v) is 8.00. The first kappa shape index (κ1) is 15.4. The van der Waals surface area contributed by atoms with E-state index in [0.717, 1.165) is 15.7 Å². The quantitative estimate of drug-likeness (QED) is 0.893. The molecule has 0 aliphatic heterocycles. The lowest BCUT2D eigenvalue weighted by molar-refractivity contribution is 0.462. The van der Waals surface area contributed by atoms with E-state index in [0.29, 0.717) is 6.04 Å². The first-order chi connectivity index (χ1) is 10.5. The fraction of sp³-hybridized carbons (Fsp3) is 0.429. The monoisotopic (exact) mass is 338 g/mol. The Bertz CT molecular complexity index is 734. The molecule has 0 bridgehead atoms. The molecule has 1 aromatic carbocycles. The number of anilines is 1. The van der Waals surface area contributed by atoms with Crippen LogP contribution in [0.1, 0.15) is 32.1 Å². The summed E-state index contributed by atoms with van der Waals surface area (Å²) in [6.07, 6.45) is 6.20. The van der Waals surface area contributed by atoms with Crippen molar-refractivity contribution in [2.45, 2.75) is 43.0 Å². The summed E-state index contributed by atoms with van der Waals surface area (Å²) in [5.74, 6) is 0. The van der Waals surface area contributed by atoms with Crippen molar-refractivity contribution in [3.05, 3.63) is 24.3 Å². The molecular formula is C14H18N4O2S2. The maximum Gasteiger partial charge on any atom is 0.238 e. The maximum absolute atomic E-state index is 11.2. The van der Waals surface area contributed by atoms with Gasteiger partial charge in [0.2, 0.25) is 15.2 Å². The fourth-order valence-corrected chi connectivity index (χ4v) is 3.95. The average molecular weight is 338 g/mol. The highest BCUT2D eigenvalue weighted by Crippen LogP contribution is 2.29. The van der Waals surface area contributed by atoms with E-state index in [1.54, 1.807) is 12.1 Å². The molecule has 2 aromatic rings. The Morgan fingerprint density at radius 3 is 2.41 bits per heavy atom. The minimum absolute atomic E-state index is 0.0984. The Morgan fingerprint density at radius 1 is 1.09 bits per heavy atom. The molecule has 0 unspecified atom stereocenters. The van der Waals surface area contributed by atoms with E-state index in [1.807, 2.05) is 0 Å². The number of hydrogen-bond acceptors (Lipinski definition) is 6. The third-order valence-electron chi connectivity index (χ3n) is 3.79. The van der Waals surface area contributed by atoms with Crippen molar-refractivity contribution >= 4 is 26.5 Å². The van der Waals surface area contributed by atoms with E-state index in [1.165, 1.54) is 55.6 Å². The highest BCUT2D eigenvalue weighted by Gasteiger charge is 2.16. The van der Waals surface area contributed by atoms with Crippen molar-refractivity contribution < 1.29 is 8.42 Å². The lowest BCUT2D eigenvalue weighted by atomic mass is 9.96. The third-order valence-corrected chi connectivity index (χ3v) is 5.62. The lowest BCUT2D eigenvalue weighted by Gasteiger charge is -2.21. The molecule has 3 N–H and O–H groups in total. The molecule has 1 aliphatic rings. The van der Waals surface area contributed by atoms with Gasteiger partial charge in [0.05, 0.1) is 4.90 Å². The van der Waals surface area contributed by atoms with E-state index in [4.69, 9.17) is 5.14 Å². The Hall–Kier alpha value is -1.51. The van der Waals surface area contributed by atoms with Gasteiger partial charge in [-0.15, -0.1) is 10.2 Å². The summed E-state index contributed by atoms with van der Waals surface area (Å²) in [7, 11) is -3.66. The molecular weight excluding hydrogens is 320 g/mol. The van der Waals surface area contributed by atoms with Crippen LogP contribution >= 0.6 is 11.3 Å². The van der Waals surface area contributed by atoms with Crippen LogP contribution in [0.25, 0.3) is 10.6 Å². The number of benzene rings is 1. The zero-order valence-corrected chi connectivity index (χ0v) is 13.7. The van der Waals surface area contributed by atoms with Gasteiger partial charge < -0.3 is 5.32 Å². The molecule has 6 nitrogen and oxygen atoms in total. The van der Waals surface area contributed by atoms with Crippen LogP contribution in [0.15, 0.2) is 29.2 Å². The van der Waals surface area contributed by atoms with Gasteiger partial charge in [0.1, 0.15) is 5.01 Å². The minimum atomic E-state index is -3.66. The highest BCUT2D eigenvalue weighted by molar-refractivity contribution is 7.89. The molecule has 0 saturated heterocycles. The number of hydrogen-bond donors (Lipinski definition) is 2. The second-order valence-electron chi connectivity index (χ2n) is 5.46. The first-order valence-corrected chi connectivity index (χ1v) is 9.62. The van der Waals surface area contributed by atoms with Gasteiger partial charge in [-0.1, -0.05) is 42.7 Å². The van der Waals surface area contributed by atoms with Gasteiger partial charge in [-0.25, -0.2) is 13.6 Å². The number of rotatable bonds is 4. The van der Waals surface area contributed by atoms with Crippen molar-refractivity contribution in [2.75, 3.05) is 5.32 Å².